The summed E-state index contributed by atoms with van der Waals surface area (Å²) in [6.07, 6.45) is 0. The molecule has 0 radical (unpaired) electrons. The van der Waals surface area contributed by atoms with E-state index in [9.17, 15) is 0 Å². The van der Waals surface area contributed by atoms with E-state index in [1.807, 2.05) is 48.5 Å². The second-order valence-corrected chi connectivity index (χ2v) is 4.90. The molecule has 0 N–H and O–H groups in total. The number of rotatable bonds is 3. The molecule has 24 heavy (non-hydrogen) atoms. The third kappa shape index (κ3) is 6.13. The van der Waals surface area contributed by atoms with Gasteiger partial charge in [-0.2, -0.15) is 10.2 Å². The van der Waals surface area contributed by atoms with Crippen molar-refractivity contribution in [3.05, 3.63) is 101 Å². The predicted octanol–water partition coefficient (Wildman–Crippen LogP) is 7.04. The minimum absolute atomic E-state index is 0.561. The predicted molar refractivity (Wildman–Crippen MR) is 97.0 cm³/mol. The molecule has 0 saturated carbocycles. The Kier molecular flexibility index (Phi) is 6.74. The fraction of sp³-hybridized carbons (Fsp3) is 0.0526. The molecule has 0 fully saturated rings. The Morgan fingerprint density at radius 3 is 1.54 bits per heavy atom. The second kappa shape index (κ2) is 9.56. The van der Waals surface area contributed by atoms with Gasteiger partial charge in [0.1, 0.15) is 0 Å². The van der Waals surface area contributed by atoms with Gasteiger partial charge in [0.25, 0.3) is 0 Å². The van der Waals surface area contributed by atoms with E-state index in [-0.39, 0.29) is 0 Å². The molecule has 0 aromatic heterocycles. The van der Waals surface area contributed by atoms with Crippen molar-refractivity contribution in [3.63, 3.8) is 0 Å². The minimum Gasteiger partial charge on any atom is -0.151 e. The zero-order valence-corrected chi connectivity index (χ0v) is 13.3. The monoisotopic (exact) mass is 315 g/mol. The first kappa shape index (κ1) is 16.9. The Balaban J connectivity index is 0.000000249. The van der Waals surface area contributed by atoms with Gasteiger partial charge < -0.3 is 0 Å². The summed E-state index contributed by atoms with van der Waals surface area (Å²) in [5.74, 6) is 0. The van der Waals surface area contributed by atoms with Crippen molar-refractivity contribution < 1.29 is 0 Å². The quantitative estimate of drug-likeness (QED) is 0.282. The van der Waals surface area contributed by atoms with Crippen molar-refractivity contribution in [1.82, 2.24) is 0 Å². The van der Waals surface area contributed by atoms with Crippen molar-refractivity contribution in [2.24, 2.45) is 15.3 Å². The summed E-state index contributed by atoms with van der Waals surface area (Å²) in [7, 11) is 0. The van der Waals surface area contributed by atoms with Gasteiger partial charge in [-0.15, -0.1) is 0 Å². The van der Waals surface area contributed by atoms with Crippen LogP contribution in [0, 0.1) is 6.92 Å². The maximum absolute atomic E-state index is 8.26. The van der Waals surface area contributed by atoms with E-state index in [1.54, 1.807) is 24.3 Å². The van der Waals surface area contributed by atoms with Gasteiger partial charge in [-0.25, -0.2) is 0 Å². The van der Waals surface area contributed by atoms with Crippen molar-refractivity contribution in [1.29, 1.82) is 0 Å². The van der Waals surface area contributed by atoms with Gasteiger partial charge in [-0.3, -0.25) is 0 Å². The van der Waals surface area contributed by atoms with Crippen LogP contribution in [-0.4, -0.2) is 0 Å². The van der Waals surface area contributed by atoms with Gasteiger partial charge in [0, 0.05) is 10.6 Å². The number of nitrogens with zero attached hydrogens (tertiary/aromatic N) is 5. The van der Waals surface area contributed by atoms with Crippen LogP contribution in [0.5, 0.6) is 0 Å². The Morgan fingerprint density at radius 1 is 0.625 bits per heavy atom. The minimum atomic E-state index is 0.561. The molecule has 5 nitrogen and oxygen atoms in total. The number of aryl methyl sites for hydroxylation is 1. The first-order valence-electron chi connectivity index (χ1n) is 7.41. The Hall–Kier alpha value is -3.43. The average Bonchev–Trinajstić information content (AvgIpc) is 2.63. The Morgan fingerprint density at radius 2 is 1.08 bits per heavy atom. The van der Waals surface area contributed by atoms with Crippen molar-refractivity contribution in [2.45, 2.75) is 6.92 Å². The van der Waals surface area contributed by atoms with E-state index in [0.717, 1.165) is 5.69 Å². The molecule has 0 aliphatic rings. The SMILES string of the molecule is Cc1ccccc1.[N-]=[N+]=Nc1ccc(/N=N/c2ccccc2)cc1. The Bertz CT molecular complexity index is 805. The zero-order chi connectivity index (χ0) is 17.0. The summed E-state index contributed by atoms with van der Waals surface area (Å²) < 4.78 is 0. The standard InChI is InChI=1S/C12H9N5.C7H8/c13-17-16-12-8-6-11(7-9-12)15-14-10-4-2-1-3-5-10;1-7-5-3-2-4-6-7/h1-9H;2-6H,1H3/b15-14+;. The largest absolute Gasteiger partial charge is 0.151 e. The van der Waals surface area contributed by atoms with Crippen molar-refractivity contribution in [2.75, 3.05) is 0 Å². The van der Waals surface area contributed by atoms with Crippen LogP contribution in [0.15, 0.2) is 100 Å². The molecule has 0 bridgehead atoms. The van der Waals surface area contributed by atoms with E-state index >= 15 is 0 Å². The summed E-state index contributed by atoms with van der Waals surface area (Å²) in [4.78, 5) is 2.70. The van der Waals surface area contributed by atoms with Crippen LogP contribution < -0.4 is 0 Å². The second-order valence-electron chi connectivity index (χ2n) is 4.90. The van der Waals surface area contributed by atoms with Gasteiger partial charge in [-0.1, -0.05) is 71.3 Å². The molecular formula is C19H17N5. The van der Waals surface area contributed by atoms with Crippen LogP contribution >= 0.6 is 0 Å². The lowest BCUT2D eigenvalue weighted by molar-refractivity contribution is 1.23. The van der Waals surface area contributed by atoms with E-state index in [2.05, 4.69) is 39.3 Å². The fourth-order valence-electron chi connectivity index (χ4n) is 1.78. The maximum Gasteiger partial charge on any atom is 0.0857 e. The van der Waals surface area contributed by atoms with Gasteiger partial charge >= 0.3 is 0 Å². The number of benzene rings is 3. The molecular weight excluding hydrogens is 298 g/mol. The van der Waals surface area contributed by atoms with E-state index in [0.29, 0.717) is 11.4 Å². The summed E-state index contributed by atoms with van der Waals surface area (Å²) in [6, 6.07) is 26.6. The summed E-state index contributed by atoms with van der Waals surface area (Å²) in [6.45, 7) is 2.08. The van der Waals surface area contributed by atoms with E-state index in [4.69, 9.17) is 5.53 Å². The molecule has 3 rings (SSSR count). The molecule has 0 amide bonds. The summed E-state index contributed by atoms with van der Waals surface area (Å²) in [5.41, 5.74) is 11.7. The van der Waals surface area contributed by atoms with Crippen LogP contribution in [-0.2, 0) is 0 Å². The number of hydrogen-bond donors (Lipinski definition) is 0. The third-order valence-electron chi connectivity index (χ3n) is 2.99. The van der Waals surface area contributed by atoms with Crippen LogP contribution in [0.2, 0.25) is 0 Å². The summed E-state index contributed by atoms with van der Waals surface area (Å²) >= 11 is 0. The molecule has 5 heteroatoms. The molecule has 0 aliphatic heterocycles. The molecule has 118 valence electrons. The van der Waals surface area contributed by atoms with Gasteiger partial charge in [0.15, 0.2) is 0 Å². The highest BCUT2D eigenvalue weighted by atomic mass is 15.1. The summed E-state index contributed by atoms with van der Waals surface area (Å²) in [5, 5.41) is 11.6. The van der Waals surface area contributed by atoms with Crippen LogP contribution in [0.4, 0.5) is 17.1 Å². The fourth-order valence-corrected chi connectivity index (χ4v) is 1.78. The lowest BCUT2D eigenvalue weighted by atomic mass is 10.2. The molecule has 0 unspecified atom stereocenters. The highest BCUT2D eigenvalue weighted by Gasteiger charge is 1.91. The molecule has 0 atom stereocenters. The van der Waals surface area contributed by atoms with Crippen molar-refractivity contribution in [3.8, 4) is 0 Å². The molecule has 0 spiro atoms. The van der Waals surface area contributed by atoms with Crippen molar-refractivity contribution >= 4 is 17.1 Å². The van der Waals surface area contributed by atoms with Crippen LogP contribution in [0.1, 0.15) is 5.56 Å². The third-order valence-corrected chi connectivity index (χ3v) is 2.99. The van der Waals surface area contributed by atoms with Crippen LogP contribution in [0.3, 0.4) is 0 Å². The van der Waals surface area contributed by atoms with Gasteiger partial charge in [0.2, 0.25) is 0 Å². The van der Waals surface area contributed by atoms with Gasteiger partial charge in [0.05, 0.1) is 11.4 Å². The molecule has 0 heterocycles. The number of hydrogen-bond acceptors (Lipinski definition) is 3. The molecule has 0 saturated heterocycles. The number of azide groups is 1. The first-order chi connectivity index (χ1) is 11.8. The topological polar surface area (TPSA) is 73.5 Å². The highest BCUT2D eigenvalue weighted by molar-refractivity contribution is 5.47. The van der Waals surface area contributed by atoms with Gasteiger partial charge in [-0.05, 0) is 36.7 Å². The van der Waals surface area contributed by atoms with E-state index in [1.165, 1.54) is 5.56 Å². The van der Waals surface area contributed by atoms with E-state index < -0.39 is 0 Å². The highest BCUT2D eigenvalue weighted by Crippen LogP contribution is 2.21. The maximum atomic E-state index is 8.26. The number of azo groups is 1. The zero-order valence-electron chi connectivity index (χ0n) is 13.3. The van der Waals surface area contributed by atoms with Crippen LogP contribution in [0.25, 0.3) is 10.4 Å². The lowest BCUT2D eigenvalue weighted by Crippen LogP contribution is -1.64. The lowest BCUT2D eigenvalue weighted by Gasteiger charge is -1.93. The molecule has 0 aliphatic carbocycles. The average molecular weight is 315 g/mol. The molecule has 3 aromatic carbocycles. The Labute approximate surface area is 140 Å². The first-order valence-corrected chi connectivity index (χ1v) is 7.41. The normalized spacial score (nSPS) is 9.71. The molecule has 3 aromatic rings. The smallest absolute Gasteiger partial charge is 0.0857 e.